The monoisotopic (exact) mass is 498 g/mol. The van der Waals surface area contributed by atoms with Crippen molar-refractivity contribution in [2.75, 3.05) is 25.0 Å². The van der Waals surface area contributed by atoms with E-state index in [0.717, 1.165) is 37.1 Å². The molecule has 1 spiro atoms. The van der Waals surface area contributed by atoms with E-state index in [4.69, 9.17) is 9.72 Å². The summed E-state index contributed by atoms with van der Waals surface area (Å²) in [6.45, 7) is 13.6. The lowest BCUT2D eigenvalue weighted by Gasteiger charge is -2.45. The molecule has 1 aromatic heterocycles. The smallest absolute Gasteiger partial charge is 0.407 e. The number of hydrogen-bond acceptors (Lipinski definition) is 6. The third-order valence-corrected chi connectivity index (χ3v) is 8.00. The quantitative estimate of drug-likeness (QED) is 0.554. The summed E-state index contributed by atoms with van der Waals surface area (Å²) in [6, 6.07) is 4.35. The second-order valence-electron chi connectivity index (χ2n) is 11.2. The molecule has 190 valence electrons. The fraction of sp³-hybridized carbons (Fsp3) is 0.593. The zero-order valence-corrected chi connectivity index (χ0v) is 22.6. The van der Waals surface area contributed by atoms with Gasteiger partial charge in [0.1, 0.15) is 5.60 Å². The molecule has 2 heterocycles. The largest absolute Gasteiger partial charge is 0.444 e. The van der Waals surface area contributed by atoms with Crippen molar-refractivity contribution in [3.8, 4) is 11.3 Å². The lowest BCUT2D eigenvalue weighted by atomic mass is 9.73. The first kappa shape index (κ1) is 25.6. The first-order chi connectivity index (χ1) is 16.4. The van der Waals surface area contributed by atoms with E-state index in [2.05, 4.69) is 48.4 Å². The number of hydrogen-bond donors (Lipinski definition) is 2. The van der Waals surface area contributed by atoms with Gasteiger partial charge in [-0.2, -0.15) is 0 Å². The molecule has 1 saturated carbocycles. The van der Waals surface area contributed by atoms with Crippen molar-refractivity contribution in [2.45, 2.75) is 78.4 Å². The van der Waals surface area contributed by atoms with E-state index >= 15 is 0 Å². The Hall–Kier alpha value is -2.45. The Labute approximate surface area is 212 Å². The van der Waals surface area contributed by atoms with Crippen LogP contribution in [0.15, 0.2) is 17.5 Å². The van der Waals surface area contributed by atoms with Crippen molar-refractivity contribution in [1.29, 1.82) is 0 Å². The minimum Gasteiger partial charge on any atom is -0.444 e. The summed E-state index contributed by atoms with van der Waals surface area (Å²) in [4.78, 5) is 32.0. The molecular formula is C27H38N4O3S. The minimum absolute atomic E-state index is 0.0327. The van der Waals surface area contributed by atoms with Crippen LogP contribution in [0, 0.1) is 26.7 Å². The van der Waals surface area contributed by atoms with E-state index in [9.17, 15) is 9.59 Å². The van der Waals surface area contributed by atoms with E-state index in [1.165, 1.54) is 34.4 Å². The third-order valence-electron chi connectivity index (χ3n) is 7.24. The number of amides is 2. The summed E-state index contributed by atoms with van der Waals surface area (Å²) in [5.41, 5.74) is 5.28. The predicted octanol–water partition coefficient (Wildman–Crippen LogP) is 5.44. The van der Waals surface area contributed by atoms with Crippen molar-refractivity contribution < 1.29 is 14.3 Å². The Morgan fingerprint density at radius 1 is 1.17 bits per heavy atom. The van der Waals surface area contributed by atoms with Crippen LogP contribution in [0.1, 0.15) is 63.1 Å². The summed E-state index contributed by atoms with van der Waals surface area (Å²) in [6.07, 6.45) is 4.03. The lowest BCUT2D eigenvalue weighted by Crippen LogP contribution is -2.51. The van der Waals surface area contributed by atoms with Crippen molar-refractivity contribution in [1.82, 2.24) is 15.2 Å². The Bertz CT molecular complexity index is 1100. The van der Waals surface area contributed by atoms with Crippen LogP contribution >= 0.6 is 11.3 Å². The van der Waals surface area contributed by atoms with Gasteiger partial charge in [0.05, 0.1) is 12.2 Å². The number of ether oxygens (including phenoxy) is 1. The molecule has 2 N–H and O–H groups in total. The number of anilines is 1. The summed E-state index contributed by atoms with van der Waals surface area (Å²) in [7, 11) is 0. The van der Waals surface area contributed by atoms with Crippen LogP contribution in [-0.4, -0.2) is 52.7 Å². The van der Waals surface area contributed by atoms with Gasteiger partial charge in [0.25, 0.3) is 0 Å². The fourth-order valence-corrected chi connectivity index (χ4v) is 6.00. The molecule has 2 aromatic rings. The van der Waals surface area contributed by atoms with Crippen LogP contribution < -0.4 is 10.6 Å². The van der Waals surface area contributed by atoms with Gasteiger partial charge >= 0.3 is 6.09 Å². The maximum Gasteiger partial charge on any atom is 0.407 e. The van der Waals surface area contributed by atoms with Crippen LogP contribution in [-0.2, 0) is 9.53 Å². The van der Waals surface area contributed by atoms with Gasteiger partial charge in [-0.25, -0.2) is 9.78 Å². The summed E-state index contributed by atoms with van der Waals surface area (Å²) in [5.74, 6) is 0.282. The highest BCUT2D eigenvalue weighted by molar-refractivity contribution is 7.14. The molecule has 1 aliphatic carbocycles. The second-order valence-corrected chi connectivity index (χ2v) is 12.1. The molecule has 1 saturated heterocycles. The molecule has 0 radical (unpaired) electrons. The maximum absolute atomic E-state index is 13.0. The number of nitrogens with zero attached hydrogens (tertiary/aromatic N) is 2. The summed E-state index contributed by atoms with van der Waals surface area (Å²) >= 11 is 1.46. The van der Waals surface area contributed by atoms with Crippen LogP contribution in [0.3, 0.4) is 0 Å². The average molecular weight is 499 g/mol. The van der Waals surface area contributed by atoms with E-state index < -0.39 is 5.60 Å². The van der Waals surface area contributed by atoms with Gasteiger partial charge < -0.3 is 15.4 Å². The summed E-state index contributed by atoms with van der Waals surface area (Å²) in [5, 5.41) is 8.57. The molecule has 1 atom stereocenters. The number of nitrogens with one attached hydrogen (secondary N) is 2. The number of rotatable bonds is 6. The van der Waals surface area contributed by atoms with Gasteiger partial charge in [0.2, 0.25) is 5.91 Å². The van der Waals surface area contributed by atoms with Gasteiger partial charge in [0.15, 0.2) is 5.13 Å². The topological polar surface area (TPSA) is 83.6 Å². The molecule has 2 fully saturated rings. The molecule has 7 nitrogen and oxygen atoms in total. The van der Waals surface area contributed by atoms with Gasteiger partial charge in [0, 0.05) is 29.6 Å². The Morgan fingerprint density at radius 2 is 1.89 bits per heavy atom. The van der Waals surface area contributed by atoms with Crippen LogP contribution in [0.2, 0.25) is 0 Å². The molecule has 1 aromatic carbocycles. The highest BCUT2D eigenvalue weighted by atomic mass is 32.1. The number of aryl methyl sites for hydroxylation is 3. The molecular weight excluding hydrogens is 460 g/mol. The molecule has 35 heavy (non-hydrogen) atoms. The maximum atomic E-state index is 13.0. The minimum atomic E-state index is -0.508. The Kier molecular flexibility index (Phi) is 7.25. The first-order valence-electron chi connectivity index (χ1n) is 12.5. The number of carbonyl (C=O) groups excluding carboxylic acids is 2. The number of thiazole rings is 1. The SMILES string of the molecule is Cc1cc(C)c(-c2csc(NC(=O)CN3CC(CNC(=O)OC(C)(C)C)CC34CCC4)n2)cc1C. The van der Waals surface area contributed by atoms with E-state index in [1.807, 2.05) is 26.2 Å². The standard InChI is InChI=1S/C27H38N4O3S/c1-17-10-19(3)21(11-18(17)2)22-16-35-24(29-22)30-23(32)15-31-14-20(12-27(31)8-7-9-27)13-28-25(33)34-26(4,5)6/h10-11,16,20H,7-9,12-15H2,1-6H3,(H,28,33)(H,29,30,32). The van der Waals surface area contributed by atoms with E-state index in [1.54, 1.807) is 0 Å². The van der Waals surface area contributed by atoms with Crippen molar-refractivity contribution in [2.24, 2.45) is 5.92 Å². The second kappa shape index (κ2) is 9.90. The average Bonchev–Trinajstić information content (AvgIpc) is 3.32. The van der Waals surface area contributed by atoms with Crippen LogP contribution in [0.5, 0.6) is 0 Å². The summed E-state index contributed by atoms with van der Waals surface area (Å²) < 4.78 is 5.37. The Morgan fingerprint density at radius 3 is 2.54 bits per heavy atom. The fourth-order valence-electron chi connectivity index (χ4n) is 5.28. The number of alkyl carbamates (subject to hydrolysis) is 1. The Balaban J connectivity index is 1.34. The van der Waals surface area contributed by atoms with Gasteiger partial charge in [-0.3, -0.25) is 9.69 Å². The zero-order chi connectivity index (χ0) is 25.4. The number of benzene rings is 1. The zero-order valence-electron chi connectivity index (χ0n) is 21.8. The normalized spacial score (nSPS) is 19.4. The molecule has 1 unspecified atom stereocenters. The predicted molar refractivity (Wildman–Crippen MR) is 141 cm³/mol. The molecule has 4 rings (SSSR count). The van der Waals surface area contributed by atoms with Gasteiger partial charge in [-0.15, -0.1) is 11.3 Å². The molecule has 1 aliphatic heterocycles. The van der Waals surface area contributed by atoms with E-state index in [-0.39, 0.29) is 17.5 Å². The lowest BCUT2D eigenvalue weighted by molar-refractivity contribution is -0.119. The van der Waals surface area contributed by atoms with Crippen LogP contribution in [0.25, 0.3) is 11.3 Å². The van der Waals surface area contributed by atoms with E-state index in [0.29, 0.717) is 24.1 Å². The number of carbonyl (C=O) groups is 2. The first-order valence-corrected chi connectivity index (χ1v) is 13.4. The highest BCUT2D eigenvalue weighted by Crippen LogP contribution is 2.47. The molecule has 2 aliphatic rings. The van der Waals surface area contributed by atoms with Gasteiger partial charge in [-0.05, 0) is 95.9 Å². The third kappa shape index (κ3) is 6.04. The highest BCUT2D eigenvalue weighted by Gasteiger charge is 2.49. The van der Waals surface area contributed by atoms with Crippen LogP contribution in [0.4, 0.5) is 9.93 Å². The van der Waals surface area contributed by atoms with Crippen molar-refractivity contribution in [3.05, 3.63) is 34.2 Å². The number of likely N-dealkylation sites (tertiary alicyclic amines) is 1. The molecule has 0 bridgehead atoms. The van der Waals surface area contributed by atoms with Crippen molar-refractivity contribution >= 4 is 28.5 Å². The van der Waals surface area contributed by atoms with Gasteiger partial charge in [-0.1, -0.05) is 6.07 Å². The molecule has 8 heteroatoms. The molecule has 2 amide bonds. The van der Waals surface area contributed by atoms with Crippen molar-refractivity contribution in [3.63, 3.8) is 0 Å². The number of aromatic nitrogens is 1.